The average molecular weight is 144 g/mol. The van der Waals surface area contributed by atoms with Crippen LogP contribution in [0.2, 0.25) is 0 Å². The first-order chi connectivity index (χ1) is 0. The summed E-state index contributed by atoms with van der Waals surface area (Å²) in [6.45, 7) is 0. The van der Waals surface area contributed by atoms with Gasteiger partial charge in [-0.2, -0.15) is 0 Å². The molecule has 0 amide bonds. The summed E-state index contributed by atoms with van der Waals surface area (Å²) in [6, 6.07) is 0. The van der Waals surface area contributed by atoms with Crippen LogP contribution in [0.25, 0.3) is 0 Å². The molecule has 0 aliphatic carbocycles. The van der Waals surface area contributed by atoms with E-state index in [4.69, 9.17) is 0 Å². The molecule has 0 aromatic heterocycles. The summed E-state index contributed by atoms with van der Waals surface area (Å²) in [5, 5.41) is 0. The first-order valence-corrected chi connectivity index (χ1v) is 0. The molecule has 0 fully saturated rings. The van der Waals surface area contributed by atoms with Gasteiger partial charge in [0.05, 0.1) is 0 Å². The molecule has 0 spiro atoms. The molecular formula is H6AlCaCrF. The van der Waals surface area contributed by atoms with Crippen molar-refractivity contribution in [3.8, 4) is 0 Å². The van der Waals surface area contributed by atoms with Gasteiger partial charge in [0.2, 0.25) is 0 Å². The smallest absolute Gasteiger partial charge is 1.00 e. The molecule has 0 saturated carbocycles. The average Bonchev–Trinajstić information content (AvgIpc) is 0. The SMILES string of the molecule is F.[AlH3].[Ca+2].[Cr].[H-].[H-]. The molecule has 0 aliphatic heterocycles. The zero-order valence-electron chi connectivity index (χ0n) is 3.52. The first-order valence-electron chi connectivity index (χ1n) is 0. The van der Waals surface area contributed by atoms with Gasteiger partial charge in [-0.3, -0.25) is 4.70 Å². The van der Waals surface area contributed by atoms with Gasteiger partial charge in [0.25, 0.3) is 0 Å². The molecular weight excluding hydrogens is 138 g/mol. The second-order valence-corrected chi connectivity index (χ2v) is 0. The van der Waals surface area contributed by atoms with E-state index in [1.54, 1.807) is 0 Å². The molecule has 0 nitrogen and oxygen atoms in total. The molecule has 0 atom stereocenters. The Labute approximate surface area is 78.9 Å². The Bertz CT molecular complexity index is 13.5. The fourth-order valence-electron chi connectivity index (χ4n) is 0. The fourth-order valence-corrected chi connectivity index (χ4v) is 0. The Hall–Kier alpha value is 2.25. The number of hydrogen-bond acceptors (Lipinski definition) is 0. The van der Waals surface area contributed by atoms with Crippen LogP contribution in [-0.4, -0.2) is 55.1 Å². The van der Waals surface area contributed by atoms with E-state index in [2.05, 4.69) is 0 Å². The standard InChI is InChI=1S/Al.Ca.Cr.FH.5H/h;;;1H;;;;;/q;+2;;;;;;2*-1. The van der Waals surface area contributed by atoms with Crippen LogP contribution in [0, 0.1) is 0 Å². The van der Waals surface area contributed by atoms with Crippen LogP contribution in [-0.2, 0) is 17.4 Å². The quantitative estimate of drug-likeness (QED) is 0.375. The summed E-state index contributed by atoms with van der Waals surface area (Å²) in [5.41, 5.74) is 0. The Kier molecular flexibility index (Phi) is 159. The van der Waals surface area contributed by atoms with Gasteiger partial charge >= 0.3 is 37.7 Å². The van der Waals surface area contributed by atoms with E-state index in [0.29, 0.717) is 0 Å². The van der Waals surface area contributed by atoms with Crippen LogP contribution in [0.4, 0.5) is 4.70 Å². The van der Waals surface area contributed by atoms with Crippen LogP contribution in [0.15, 0.2) is 0 Å². The summed E-state index contributed by atoms with van der Waals surface area (Å²) in [6.07, 6.45) is 0. The Balaban J connectivity index is 0. The molecule has 0 aromatic carbocycles. The molecule has 4 heteroatoms. The molecule has 24 valence electrons. The molecule has 0 heterocycles. The second kappa shape index (κ2) is 18.7. The third-order valence-corrected chi connectivity index (χ3v) is 0. The minimum Gasteiger partial charge on any atom is -1.00 e. The molecule has 0 radical (unpaired) electrons. The molecule has 0 N–H and O–H groups in total. The molecule has 0 rings (SSSR count). The van der Waals surface area contributed by atoms with Gasteiger partial charge in [-0.05, 0) is 0 Å². The summed E-state index contributed by atoms with van der Waals surface area (Å²) < 4.78 is 0. The van der Waals surface area contributed by atoms with Gasteiger partial charge in [-0.25, -0.2) is 0 Å². The predicted octanol–water partition coefficient (Wildman–Crippen LogP) is -1.19. The van der Waals surface area contributed by atoms with Crippen LogP contribution in [0.5, 0.6) is 0 Å². The van der Waals surface area contributed by atoms with Gasteiger partial charge in [0.15, 0.2) is 17.4 Å². The van der Waals surface area contributed by atoms with Gasteiger partial charge < -0.3 is 2.85 Å². The summed E-state index contributed by atoms with van der Waals surface area (Å²) in [4.78, 5) is 0. The summed E-state index contributed by atoms with van der Waals surface area (Å²) in [7, 11) is 0. The van der Waals surface area contributed by atoms with E-state index in [-0.39, 0.29) is 80.0 Å². The zero-order chi connectivity index (χ0) is 0. The molecule has 0 aliphatic rings. The molecule has 4 heavy (non-hydrogen) atoms. The van der Waals surface area contributed by atoms with Crippen molar-refractivity contribution in [3.05, 3.63) is 0 Å². The fraction of sp³-hybridized carbons (Fsp3) is 0. The molecule has 0 unspecified atom stereocenters. The minimum atomic E-state index is 0. The molecule has 0 aromatic rings. The van der Waals surface area contributed by atoms with Crippen LogP contribution in [0.3, 0.4) is 0 Å². The van der Waals surface area contributed by atoms with Crippen molar-refractivity contribution < 1.29 is 24.9 Å². The van der Waals surface area contributed by atoms with Crippen LogP contribution >= 0.6 is 0 Å². The Morgan fingerprint density at radius 1 is 1.25 bits per heavy atom. The van der Waals surface area contributed by atoms with E-state index in [1.165, 1.54) is 0 Å². The third-order valence-electron chi connectivity index (χ3n) is 0. The van der Waals surface area contributed by atoms with Crippen molar-refractivity contribution in [2.75, 3.05) is 0 Å². The van der Waals surface area contributed by atoms with Gasteiger partial charge in [-0.1, -0.05) is 0 Å². The van der Waals surface area contributed by atoms with Crippen molar-refractivity contribution in [1.29, 1.82) is 0 Å². The number of halogens is 1. The zero-order valence-corrected chi connectivity index (χ0v) is 5.01. The maximum atomic E-state index is 0. The van der Waals surface area contributed by atoms with Crippen molar-refractivity contribution in [1.82, 2.24) is 0 Å². The summed E-state index contributed by atoms with van der Waals surface area (Å²) in [5.74, 6) is 0. The van der Waals surface area contributed by atoms with Crippen molar-refractivity contribution >= 4 is 55.1 Å². The van der Waals surface area contributed by atoms with Gasteiger partial charge in [-0.15, -0.1) is 0 Å². The topological polar surface area (TPSA) is 0 Å². The normalized spacial score (nSPS) is 0. The van der Waals surface area contributed by atoms with Crippen LogP contribution in [0.1, 0.15) is 2.85 Å². The maximum Gasteiger partial charge on any atom is 2.00 e. The van der Waals surface area contributed by atoms with Gasteiger partial charge in [0.1, 0.15) is 0 Å². The first kappa shape index (κ1) is 34.0. The van der Waals surface area contributed by atoms with E-state index < -0.39 is 0 Å². The minimum absolute atomic E-state index is 0. The number of hydrogen-bond donors (Lipinski definition) is 0. The van der Waals surface area contributed by atoms with E-state index in [0.717, 1.165) is 0 Å². The monoisotopic (exact) mass is 144 g/mol. The Morgan fingerprint density at radius 2 is 1.25 bits per heavy atom. The summed E-state index contributed by atoms with van der Waals surface area (Å²) >= 11 is 0. The largest absolute Gasteiger partial charge is 2.00 e. The molecule has 0 saturated heterocycles. The third kappa shape index (κ3) is 8.87. The molecule has 0 bridgehead atoms. The maximum absolute atomic E-state index is 0. The van der Waals surface area contributed by atoms with E-state index >= 15 is 0 Å². The van der Waals surface area contributed by atoms with Crippen molar-refractivity contribution in [2.45, 2.75) is 0 Å². The van der Waals surface area contributed by atoms with Crippen molar-refractivity contribution in [3.63, 3.8) is 0 Å². The van der Waals surface area contributed by atoms with Gasteiger partial charge in [0, 0.05) is 17.4 Å². The Morgan fingerprint density at radius 3 is 1.25 bits per heavy atom. The second-order valence-electron chi connectivity index (χ2n) is 0. The van der Waals surface area contributed by atoms with Crippen molar-refractivity contribution in [2.24, 2.45) is 0 Å². The predicted molar refractivity (Wildman–Crippen MR) is 20.4 cm³/mol. The van der Waals surface area contributed by atoms with E-state index in [1.807, 2.05) is 0 Å². The number of rotatable bonds is 0. The van der Waals surface area contributed by atoms with E-state index in [9.17, 15) is 0 Å². The van der Waals surface area contributed by atoms with Crippen LogP contribution < -0.4 is 0 Å².